The minimum atomic E-state index is -0.730. The summed E-state index contributed by atoms with van der Waals surface area (Å²) in [7, 11) is 0. The number of rotatable bonds is 2. The molecule has 21 heavy (non-hydrogen) atoms. The van der Waals surface area contributed by atoms with Crippen LogP contribution in [0.1, 0.15) is 32.6 Å². The van der Waals surface area contributed by atoms with Crippen LogP contribution in [0.4, 0.5) is 4.79 Å². The molecule has 2 saturated heterocycles. The average Bonchev–Trinajstić information content (AvgIpc) is 3.01. The molecule has 7 nitrogen and oxygen atoms in total. The van der Waals surface area contributed by atoms with Crippen molar-refractivity contribution in [3.8, 4) is 0 Å². The molecule has 0 aromatic heterocycles. The van der Waals surface area contributed by atoms with Crippen LogP contribution in [0.2, 0.25) is 0 Å². The van der Waals surface area contributed by atoms with Crippen LogP contribution >= 0.6 is 0 Å². The van der Waals surface area contributed by atoms with Crippen LogP contribution in [0.15, 0.2) is 0 Å². The van der Waals surface area contributed by atoms with Crippen molar-refractivity contribution in [2.75, 3.05) is 26.2 Å². The third kappa shape index (κ3) is 2.39. The summed E-state index contributed by atoms with van der Waals surface area (Å²) < 4.78 is 0. The first kappa shape index (κ1) is 14.3. The zero-order chi connectivity index (χ0) is 15.0. The van der Waals surface area contributed by atoms with Crippen molar-refractivity contribution >= 4 is 17.8 Å². The second-order valence-electron chi connectivity index (χ2n) is 6.25. The van der Waals surface area contributed by atoms with Crippen LogP contribution in [-0.4, -0.2) is 65.4 Å². The van der Waals surface area contributed by atoms with E-state index in [2.05, 4.69) is 10.6 Å². The van der Waals surface area contributed by atoms with Crippen molar-refractivity contribution in [3.63, 3.8) is 0 Å². The van der Waals surface area contributed by atoms with E-state index in [9.17, 15) is 14.4 Å². The minimum absolute atomic E-state index is 0.0902. The first-order valence-electron chi connectivity index (χ1n) is 7.68. The summed E-state index contributed by atoms with van der Waals surface area (Å²) in [4.78, 5) is 39.8. The monoisotopic (exact) mass is 294 g/mol. The van der Waals surface area contributed by atoms with Gasteiger partial charge in [0.2, 0.25) is 5.91 Å². The van der Waals surface area contributed by atoms with Crippen LogP contribution in [0.25, 0.3) is 0 Å². The maximum Gasteiger partial charge on any atom is 0.325 e. The lowest BCUT2D eigenvalue weighted by molar-refractivity contribution is -0.140. The van der Waals surface area contributed by atoms with E-state index in [1.807, 2.05) is 6.92 Å². The smallest absolute Gasteiger partial charge is 0.325 e. The number of amides is 4. The van der Waals surface area contributed by atoms with Crippen molar-refractivity contribution in [2.24, 2.45) is 0 Å². The SMILES string of the molecule is C[C@@H]1CNCCN1C(=O)CN1C(=O)NC2(CCCC2)C1=O. The summed E-state index contributed by atoms with van der Waals surface area (Å²) in [5.74, 6) is -0.372. The molecule has 0 unspecified atom stereocenters. The fourth-order valence-electron chi connectivity index (χ4n) is 3.57. The minimum Gasteiger partial charge on any atom is -0.336 e. The molecule has 4 amide bonds. The van der Waals surface area contributed by atoms with E-state index < -0.39 is 11.6 Å². The molecule has 116 valence electrons. The molecule has 1 saturated carbocycles. The molecule has 2 N–H and O–H groups in total. The molecule has 2 aliphatic heterocycles. The third-order valence-electron chi connectivity index (χ3n) is 4.82. The molecule has 3 fully saturated rings. The van der Waals surface area contributed by atoms with Crippen molar-refractivity contribution in [3.05, 3.63) is 0 Å². The van der Waals surface area contributed by atoms with Gasteiger partial charge >= 0.3 is 6.03 Å². The second kappa shape index (κ2) is 5.29. The Hall–Kier alpha value is -1.63. The lowest BCUT2D eigenvalue weighted by Crippen LogP contribution is -2.55. The van der Waals surface area contributed by atoms with Crippen molar-refractivity contribution in [2.45, 2.75) is 44.2 Å². The summed E-state index contributed by atoms with van der Waals surface area (Å²) in [6.45, 7) is 3.94. The molecular formula is C14H22N4O3. The molecule has 0 radical (unpaired) electrons. The Morgan fingerprint density at radius 2 is 2.05 bits per heavy atom. The predicted molar refractivity (Wildman–Crippen MR) is 75.5 cm³/mol. The van der Waals surface area contributed by atoms with E-state index in [1.54, 1.807) is 4.90 Å². The number of urea groups is 1. The summed E-state index contributed by atoms with van der Waals surface area (Å²) >= 11 is 0. The lowest BCUT2D eigenvalue weighted by atomic mass is 9.98. The summed E-state index contributed by atoms with van der Waals surface area (Å²) in [6, 6.07) is -0.328. The quantitative estimate of drug-likeness (QED) is 0.683. The Morgan fingerprint density at radius 1 is 1.33 bits per heavy atom. The fraction of sp³-hybridized carbons (Fsp3) is 0.786. The van der Waals surface area contributed by atoms with Gasteiger partial charge in [0.15, 0.2) is 0 Å². The van der Waals surface area contributed by atoms with Crippen LogP contribution in [0.3, 0.4) is 0 Å². The topological polar surface area (TPSA) is 81.8 Å². The number of carbonyl (C=O) groups is 3. The number of hydrogen-bond donors (Lipinski definition) is 2. The zero-order valence-electron chi connectivity index (χ0n) is 12.4. The van der Waals surface area contributed by atoms with Gasteiger partial charge in [-0.15, -0.1) is 0 Å². The lowest BCUT2D eigenvalue weighted by Gasteiger charge is -2.34. The summed E-state index contributed by atoms with van der Waals surface area (Å²) in [5, 5.41) is 6.02. The summed E-state index contributed by atoms with van der Waals surface area (Å²) in [5.41, 5.74) is -0.730. The number of piperazine rings is 1. The van der Waals surface area contributed by atoms with Gasteiger partial charge in [-0.3, -0.25) is 14.5 Å². The maximum absolute atomic E-state index is 12.5. The van der Waals surface area contributed by atoms with Crippen LogP contribution < -0.4 is 10.6 Å². The third-order valence-corrected chi connectivity index (χ3v) is 4.82. The van der Waals surface area contributed by atoms with Gasteiger partial charge in [-0.25, -0.2) is 4.79 Å². The Balaban J connectivity index is 1.68. The highest BCUT2D eigenvalue weighted by Gasteiger charge is 2.52. The average molecular weight is 294 g/mol. The van der Waals surface area contributed by atoms with Crippen molar-refractivity contribution < 1.29 is 14.4 Å². The molecular weight excluding hydrogens is 272 g/mol. The fourth-order valence-corrected chi connectivity index (χ4v) is 3.57. The van der Waals surface area contributed by atoms with E-state index in [0.717, 1.165) is 30.8 Å². The molecule has 1 atom stereocenters. The van der Waals surface area contributed by atoms with Crippen molar-refractivity contribution in [1.82, 2.24) is 20.4 Å². The number of imide groups is 1. The molecule has 0 aromatic carbocycles. The second-order valence-corrected chi connectivity index (χ2v) is 6.25. The standard InChI is InChI=1S/C14H22N4O3/c1-10-8-15-6-7-17(10)11(19)9-18-12(20)14(16-13(18)21)4-2-3-5-14/h10,15H,2-9H2,1H3,(H,16,21)/t10-/m1/s1. The Labute approximate surface area is 124 Å². The van der Waals surface area contributed by atoms with Crippen molar-refractivity contribution in [1.29, 1.82) is 0 Å². The molecule has 1 spiro atoms. The Morgan fingerprint density at radius 3 is 2.71 bits per heavy atom. The largest absolute Gasteiger partial charge is 0.336 e. The van der Waals surface area contributed by atoms with Gasteiger partial charge in [0.25, 0.3) is 5.91 Å². The van der Waals surface area contributed by atoms with Gasteiger partial charge in [0.1, 0.15) is 12.1 Å². The highest BCUT2D eigenvalue weighted by atomic mass is 16.2. The molecule has 2 heterocycles. The normalized spacial score (nSPS) is 28.3. The van der Waals surface area contributed by atoms with E-state index >= 15 is 0 Å². The van der Waals surface area contributed by atoms with Gasteiger partial charge < -0.3 is 15.5 Å². The van der Waals surface area contributed by atoms with E-state index in [0.29, 0.717) is 19.4 Å². The van der Waals surface area contributed by atoms with E-state index in [4.69, 9.17) is 0 Å². The van der Waals surface area contributed by atoms with Gasteiger partial charge in [0.05, 0.1) is 0 Å². The van der Waals surface area contributed by atoms with E-state index in [-0.39, 0.29) is 24.4 Å². The van der Waals surface area contributed by atoms with Crippen LogP contribution in [0.5, 0.6) is 0 Å². The van der Waals surface area contributed by atoms with Gasteiger partial charge in [-0.05, 0) is 19.8 Å². The van der Waals surface area contributed by atoms with Gasteiger partial charge in [-0.2, -0.15) is 0 Å². The molecule has 3 aliphatic rings. The first-order valence-corrected chi connectivity index (χ1v) is 7.68. The molecule has 0 aromatic rings. The van der Waals surface area contributed by atoms with Crippen LogP contribution in [-0.2, 0) is 9.59 Å². The number of nitrogens with zero attached hydrogens (tertiary/aromatic N) is 2. The molecule has 0 bridgehead atoms. The number of hydrogen-bond acceptors (Lipinski definition) is 4. The molecule has 1 aliphatic carbocycles. The van der Waals surface area contributed by atoms with E-state index in [1.165, 1.54) is 0 Å². The summed E-state index contributed by atoms with van der Waals surface area (Å²) in [6.07, 6.45) is 3.27. The van der Waals surface area contributed by atoms with Gasteiger partial charge in [-0.1, -0.05) is 12.8 Å². The highest BCUT2D eigenvalue weighted by molar-refractivity contribution is 6.09. The number of nitrogens with one attached hydrogen (secondary N) is 2. The first-order chi connectivity index (χ1) is 10.0. The predicted octanol–water partition coefficient (Wildman–Crippen LogP) is -0.329. The zero-order valence-corrected chi connectivity index (χ0v) is 12.4. The number of carbonyl (C=O) groups excluding carboxylic acids is 3. The van der Waals surface area contributed by atoms with Gasteiger partial charge in [0, 0.05) is 25.7 Å². The maximum atomic E-state index is 12.5. The molecule has 7 heteroatoms. The van der Waals surface area contributed by atoms with Crippen LogP contribution in [0, 0.1) is 0 Å². The Kier molecular flexibility index (Phi) is 3.61. The Bertz CT molecular complexity index is 473. The highest BCUT2D eigenvalue weighted by Crippen LogP contribution is 2.34. The molecule has 3 rings (SSSR count).